The van der Waals surface area contributed by atoms with E-state index in [1.165, 1.54) is 0 Å². The molecule has 2 aromatic heterocycles. The lowest BCUT2D eigenvalue weighted by Gasteiger charge is -2.27. The molecule has 1 aromatic carbocycles. The number of ether oxygens (including phenoxy) is 2. The quantitative estimate of drug-likeness (QED) is 0.462. The smallest absolute Gasteiger partial charge is 0.140 e. The predicted molar refractivity (Wildman–Crippen MR) is 142 cm³/mol. The minimum Gasteiger partial charge on any atom is -0.390 e. The third-order valence-electron chi connectivity index (χ3n) is 5.86. The van der Waals surface area contributed by atoms with Gasteiger partial charge in [-0.1, -0.05) is 6.07 Å². The molecule has 34 heavy (non-hydrogen) atoms. The Kier molecular flexibility index (Phi) is 7.52. The molecular weight excluding hydrogens is 448 g/mol. The Hall–Kier alpha value is -2.13. The molecule has 0 atom stereocenters. The largest absolute Gasteiger partial charge is 0.390 e. The third-order valence-corrected chi connectivity index (χ3v) is 7.25. The summed E-state index contributed by atoms with van der Waals surface area (Å²) in [4.78, 5) is 6.86. The third kappa shape index (κ3) is 6.50. The van der Waals surface area contributed by atoms with Crippen LogP contribution in [0.15, 0.2) is 36.5 Å². The first-order valence-electron chi connectivity index (χ1n) is 11.8. The molecule has 3 heterocycles. The van der Waals surface area contributed by atoms with Crippen LogP contribution in [0, 0.1) is 0 Å². The Balaban J connectivity index is 1.68. The van der Waals surface area contributed by atoms with Crippen LogP contribution in [0.5, 0.6) is 0 Å². The minimum atomic E-state index is -0.775. The average molecular weight is 487 g/mol. The number of rotatable bonds is 9. The number of aromatic nitrogens is 3. The van der Waals surface area contributed by atoms with Gasteiger partial charge in [-0.3, -0.25) is 0 Å². The summed E-state index contributed by atoms with van der Waals surface area (Å²) >= 11 is 0. The summed E-state index contributed by atoms with van der Waals surface area (Å²) in [5.74, 6) is 2.02. The van der Waals surface area contributed by atoms with Gasteiger partial charge in [0.1, 0.15) is 18.2 Å². The van der Waals surface area contributed by atoms with Crippen LogP contribution in [-0.2, 0) is 22.6 Å². The van der Waals surface area contributed by atoms with Crippen LogP contribution in [0.3, 0.4) is 0 Å². The Bertz CT molecular complexity index is 1110. The van der Waals surface area contributed by atoms with Gasteiger partial charge in [0.05, 0.1) is 30.9 Å². The fourth-order valence-electron chi connectivity index (χ4n) is 4.14. The van der Waals surface area contributed by atoms with Crippen molar-refractivity contribution in [2.24, 2.45) is 0 Å². The zero-order valence-electron chi connectivity index (χ0n) is 21.1. The number of hydrogen-bond acceptors (Lipinski definition) is 6. The summed E-state index contributed by atoms with van der Waals surface area (Å²) in [6.45, 7) is 7.93. The molecule has 0 amide bonds. The first kappa shape index (κ1) is 25.0. The Morgan fingerprint density at radius 2 is 1.88 bits per heavy atom. The van der Waals surface area contributed by atoms with E-state index >= 15 is 0 Å². The zero-order valence-corrected chi connectivity index (χ0v) is 21.9. The van der Waals surface area contributed by atoms with E-state index in [0.717, 1.165) is 72.2 Å². The molecule has 1 N–H and O–H groups in total. The Labute approximate surface area is 204 Å². The lowest BCUT2D eigenvalue weighted by Crippen LogP contribution is -2.36. The molecule has 0 saturated carbocycles. The fourth-order valence-corrected chi connectivity index (χ4v) is 4.76. The van der Waals surface area contributed by atoms with Crippen molar-refractivity contribution >= 4 is 26.7 Å². The molecule has 186 valence electrons. The number of benzene rings is 1. The normalized spacial score (nSPS) is 15.8. The van der Waals surface area contributed by atoms with Crippen molar-refractivity contribution in [3.8, 4) is 11.3 Å². The second-order valence-corrected chi connectivity index (χ2v) is 15.1. The van der Waals surface area contributed by atoms with E-state index in [9.17, 15) is 5.11 Å². The molecule has 0 radical (unpaired) electrons. The molecule has 4 rings (SSSR count). The Morgan fingerprint density at radius 1 is 1.12 bits per heavy atom. The summed E-state index contributed by atoms with van der Waals surface area (Å²) < 4.78 is 13.5. The fraction of sp³-hybridized carbons (Fsp3) is 0.538. The average Bonchev–Trinajstić information content (AvgIpc) is 3.13. The Morgan fingerprint density at radius 3 is 2.59 bits per heavy atom. The van der Waals surface area contributed by atoms with Crippen LogP contribution in [0.4, 0.5) is 5.82 Å². The van der Waals surface area contributed by atoms with Gasteiger partial charge < -0.3 is 19.5 Å². The molecule has 1 aliphatic heterocycles. The molecule has 0 unspecified atom stereocenters. The van der Waals surface area contributed by atoms with E-state index in [1.54, 1.807) is 0 Å². The number of fused-ring (bicyclic) bond motifs is 1. The van der Waals surface area contributed by atoms with Crippen LogP contribution < -0.4 is 4.90 Å². The van der Waals surface area contributed by atoms with Gasteiger partial charge in [0, 0.05) is 42.4 Å². The maximum absolute atomic E-state index is 10.4. The van der Waals surface area contributed by atoms with Gasteiger partial charge in [-0.25, -0.2) is 19.7 Å². The number of aliphatic hydroxyl groups is 1. The molecule has 1 fully saturated rings. The highest BCUT2D eigenvalue weighted by Gasteiger charge is 2.19. The van der Waals surface area contributed by atoms with Crippen molar-refractivity contribution in [1.29, 1.82) is 0 Å². The van der Waals surface area contributed by atoms with Gasteiger partial charge in [-0.2, -0.15) is 5.10 Å². The van der Waals surface area contributed by atoms with Crippen LogP contribution >= 0.6 is 10.0 Å². The highest BCUT2D eigenvalue weighted by Crippen LogP contribution is 2.34. The van der Waals surface area contributed by atoms with Gasteiger partial charge in [0.25, 0.3) is 0 Å². The number of hydrogen-bond donors (Lipinski definition) is 1. The van der Waals surface area contributed by atoms with Crippen LogP contribution in [0.25, 0.3) is 22.2 Å². The molecule has 0 bridgehead atoms. The van der Waals surface area contributed by atoms with Crippen molar-refractivity contribution < 1.29 is 14.6 Å². The van der Waals surface area contributed by atoms with Gasteiger partial charge in [-0.15, -0.1) is 0 Å². The number of morpholine rings is 1. The number of nitrogens with zero attached hydrogens (tertiary/aromatic N) is 4. The van der Waals surface area contributed by atoms with E-state index in [4.69, 9.17) is 14.6 Å². The molecule has 0 spiro atoms. The maximum atomic E-state index is 10.4. The lowest BCUT2D eigenvalue weighted by molar-refractivity contribution is 0.0809. The van der Waals surface area contributed by atoms with E-state index in [1.807, 2.05) is 30.8 Å². The molecule has 1 aliphatic rings. The SMILES string of the molecule is CC(C)(O)Cc1ccc2c(c1)c(-c1ccnc(N3CCOCC3)c1)nn2COCCS(C)(C)C. The summed E-state index contributed by atoms with van der Waals surface area (Å²) in [5, 5.41) is 16.4. The summed E-state index contributed by atoms with van der Waals surface area (Å²) in [7, 11) is -0.596. The second kappa shape index (κ2) is 10.2. The van der Waals surface area contributed by atoms with Crippen molar-refractivity contribution in [3.63, 3.8) is 0 Å². The van der Waals surface area contributed by atoms with Crippen LogP contribution in [0.1, 0.15) is 19.4 Å². The van der Waals surface area contributed by atoms with Crippen molar-refractivity contribution in [3.05, 3.63) is 42.1 Å². The lowest BCUT2D eigenvalue weighted by atomic mass is 9.97. The molecule has 8 heteroatoms. The summed E-state index contributed by atoms with van der Waals surface area (Å²) in [5.41, 5.74) is 3.28. The monoisotopic (exact) mass is 486 g/mol. The highest BCUT2D eigenvalue weighted by atomic mass is 32.3. The zero-order chi connectivity index (χ0) is 24.3. The van der Waals surface area contributed by atoms with E-state index in [2.05, 4.69) is 52.9 Å². The van der Waals surface area contributed by atoms with Crippen molar-refractivity contribution in [2.75, 3.05) is 62.3 Å². The first-order chi connectivity index (χ1) is 16.1. The van der Waals surface area contributed by atoms with Gasteiger partial charge in [0.2, 0.25) is 0 Å². The summed E-state index contributed by atoms with van der Waals surface area (Å²) in [6.07, 6.45) is 9.34. The van der Waals surface area contributed by atoms with Crippen molar-refractivity contribution in [2.45, 2.75) is 32.6 Å². The highest BCUT2D eigenvalue weighted by molar-refractivity contribution is 8.32. The van der Waals surface area contributed by atoms with Gasteiger partial charge in [-0.05, 0) is 62.4 Å². The second-order valence-electron chi connectivity index (χ2n) is 10.5. The van der Waals surface area contributed by atoms with Crippen LogP contribution in [-0.4, -0.2) is 82.9 Å². The topological polar surface area (TPSA) is 72.6 Å². The van der Waals surface area contributed by atoms with Crippen LogP contribution in [0.2, 0.25) is 0 Å². The first-order valence-corrected chi connectivity index (χ1v) is 14.9. The standard InChI is InChI=1S/C26H38N4O3S/c1-26(2,31)18-20-6-7-23-22(16-20)25(28-30(23)19-33-14-15-34(3,4)5)21-8-9-27-24(17-21)29-10-12-32-13-11-29/h6-9,16-17,31H,10-15,18-19H2,1-5H3. The molecule has 0 aliphatic carbocycles. The van der Waals surface area contributed by atoms with Gasteiger partial charge in [0.15, 0.2) is 0 Å². The molecular formula is C26H38N4O3S. The molecule has 1 saturated heterocycles. The molecule has 7 nitrogen and oxygen atoms in total. The maximum Gasteiger partial charge on any atom is 0.140 e. The van der Waals surface area contributed by atoms with Crippen molar-refractivity contribution in [1.82, 2.24) is 14.8 Å². The number of pyridine rings is 1. The minimum absolute atomic E-state index is 0.415. The summed E-state index contributed by atoms with van der Waals surface area (Å²) in [6, 6.07) is 10.5. The van der Waals surface area contributed by atoms with E-state index < -0.39 is 15.6 Å². The number of anilines is 1. The van der Waals surface area contributed by atoms with E-state index in [-0.39, 0.29) is 0 Å². The van der Waals surface area contributed by atoms with Gasteiger partial charge >= 0.3 is 0 Å². The predicted octanol–water partition coefficient (Wildman–Crippen LogP) is 3.92. The molecule has 3 aromatic rings. The van der Waals surface area contributed by atoms with E-state index in [0.29, 0.717) is 13.2 Å².